The molecule has 0 aliphatic heterocycles. The molecule has 0 amide bonds. The van der Waals surface area contributed by atoms with Crippen LogP contribution in [0.1, 0.15) is 5.56 Å². The molecule has 0 fully saturated rings. The molecule has 0 bridgehead atoms. The van der Waals surface area contributed by atoms with E-state index in [1.807, 2.05) is 24.3 Å². The van der Waals surface area contributed by atoms with Crippen molar-refractivity contribution < 1.29 is 4.74 Å². The monoisotopic (exact) mass is 403 g/mol. The largest absolute Gasteiger partial charge is 0.493 e. The topological polar surface area (TPSA) is 21.3 Å². The molecule has 0 heterocycles. The maximum atomic E-state index is 6.05. The SMILES string of the molecule is COc1c(Br)cc(Cl)cc1NCc1ccc(Br)cc1. The number of hydrogen-bond acceptors (Lipinski definition) is 2. The second kappa shape index (κ2) is 6.64. The average Bonchev–Trinajstić information content (AvgIpc) is 2.37. The molecule has 0 aromatic heterocycles. The minimum atomic E-state index is 0.658. The summed E-state index contributed by atoms with van der Waals surface area (Å²) in [6.07, 6.45) is 0. The molecule has 0 unspecified atom stereocenters. The van der Waals surface area contributed by atoms with Crippen LogP contribution in [0.2, 0.25) is 5.02 Å². The van der Waals surface area contributed by atoms with E-state index in [9.17, 15) is 0 Å². The Kier molecular flexibility index (Phi) is 5.13. The van der Waals surface area contributed by atoms with Crippen molar-refractivity contribution >= 4 is 49.1 Å². The van der Waals surface area contributed by atoms with E-state index in [-0.39, 0.29) is 0 Å². The van der Waals surface area contributed by atoms with Crippen LogP contribution in [0.15, 0.2) is 45.3 Å². The quantitative estimate of drug-likeness (QED) is 0.727. The molecule has 2 rings (SSSR count). The number of methoxy groups -OCH3 is 1. The van der Waals surface area contributed by atoms with Crippen molar-refractivity contribution in [3.05, 3.63) is 55.9 Å². The Bertz CT molecular complexity index is 572. The van der Waals surface area contributed by atoms with Gasteiger partial charge in [0.15, 0.2) is 5.75 Å². The van der Waals surface area contributed by atoms with Gasteiger partial charge in [0, 0.05) is 16.0 Å². The predicted molar refractivity (Wildman–Crippen MR) is 87.2 cm³/mol. The van der Waals surface area contributed by atoms with Crippen molar-refractivity contribution in [3.63, 3.8) is 0 Å². The van der Waals surface area contributed by atoms with E-state index in [0.717, 1.165) is 20.4 Å². The summed E-state index contributed by atoms with van der Waals surface area (Å²) >= 11 is 12.9. The highest BCUT2D eigenvalue weighted by Gasteiger charge is 2.09. The van der Waals surface area contributed by atoms with Crippen molar-refractivity contribution in [1.29, 1.82) is 0 Å². The predicted octanol–water partition coefficient (Wildman–Crippen LogP) is 5.49. The van der Waals surface area contributed by atoms with Gasteiger partial charge in [-0.2, -0.15) is 0 Å². The number of rotatable bonds is 4. The fourth-order valence-electron chi connectivity index (χ4n) is 1.70. The maximum Gasteiger partial charge on any atom is 0.156 e. The highest BCUT2D eigenvalue weighted by Crippen LogP contribution is 2.36. The molecule has 2 nitrogen and oxygen atoms in total. The number of ether oxygens (including phenoxy) is 1. The molecule has 2 aromatic carbocycles. The van der Waals surface area contributed by atoms with Gasteiger partial charge >= 0.3 is 0 Å². The van der Waals surface area contributed by atoms with Crippen molar-refractivity contribution in [2.75, 3.05) is 12.4 Å². The third-order valence-electron chi connectivity index (χ3n) is 2.61. The highest BCUT2D eigenvalue weighted by atomic mass is 79.9. The van der Waals surface area contributed by atoms with Gasteiger partial charge in [-0.05, 0) is 45.8 Å². The highest BCUT2D eigenvalue weighted by molar-refractivity contribution is 9.10. The van der Waals surface area contributed by atoms with E-state index in [4.69, 9.17) is 16.3 Å². The number of benzene rings is 2. The molecule has 0 spiro atoms. The first-order chi connectivity index (χ1) is 9.10. The Labute approximate surface area is 134 Å². The van der Waals surface area contributed by atoms with E-state index in [2.05, 4.69) is 49.3 Å². The molecule has 0 saturated carbocycles. The fourth-order valence-corrected chi connectivity index (χ4v) is 2.94. The molecule has 0 aliphatic rings. The van der Waals surface area contributed by atoms with Gasteiger partial charge in [0.05, 0.1) is 17.3 Å². The van der Waals surface area contributed by atoms with Gasteiger partial charge in [0.25, 0.3) is 0 Å². The van der Waals surface area contributed by atoms with Crippen LogP contribution in [0, 0.1) is 0 Å². The smallest absolute Gasteiger partial charge is 0.156 e. The molecule has 100 valence electrons. The standard InChI is InChI=1S/C14H12Br2ClNO/c1-19-14-12(16)6-11(17)7-13(14)18-8-9-2-4-10(15)5-3-9/h2-7,18H,8H2,1H3. The molecular formula is C14H12Br2ClNO. The van der Waals surface area contributed by atoms with Crippen molar-refractivity contribution in [1.82, 2.24) is 0 Å². The van der Waals surface area contributed by atoms with Gasteiger partial charge in [-0.1, -0.05) is 39.7 Å². The summed E-state index contributed by atoms with van der Waals surface area (Å²) in [7, 11) is 1.64. The summed E-state index contributed by atoms with van der Waals surface area (Å²) in [5.41, 5.74) is 2.05. The van der Waals surface area contributed by atoms with Crippen LogP contribution in [0.5, 0.6) is 5.75 Å². The zero-order valence-electron chi connectivity index (χ0n) is 10.2. The maximum absolute atomic E-state index is 6.05. The molecule has 5 heteroatoms. The molecule has 2 aromatic rings. The lowest BCUT2D eigenvalue weighted by Crippen LogP contribution is -2.01. The van der Waals surface area contributed by atoms with Gasteiger partial charge in [-0.25, -0.2) is 0 Å². The minimum Gasteiger partial charge on any atom is -0.493 e. The van der Waals surface area contributed by atoms with E-state index in [1.54, 1.807) is 7.11 Å². The molecule has 0 atom stereocenters. The van der Waals surface area contributed by atoms with E-state index < -0.39 is 0 Å². The number of anilines is 1. The third kappa shape index (κ3) is 3.88. The van der Waals surface area contributed by atoms with E-state index in [0.29, 0.717) is 11.6 Å². The second-order valence-electron chi connectivity index (χ2n) is 3.95. The Morgan fingerprint density at radius 3 is 2.47 bits per heavy atom. The summed E-state index contributed by atoms with van der Waals surface area (Å²) in [5, 5.41) is 3.99. The first kappa shape index (κ1) is 14.7. The first-order valence-electron chi connectivity index (χ1n) is 5.61. The van der Waals surface area contributed by atoms with Crippen LogP contribution >= 0.6 is 43.5 Å². The summed E-state index contributed by atoms with van der Waals surface area (Å²) in [6, 6.07) is 11.8. The molecular weight excluding hydrogens is 393 g/mol. The molecule has 1 N–H and O–H groups in total. The Balaban J connectivity index is 2.17. The normalized spacial score (nSPS) is 10.3. The summed E-state index contributed by atoms with van der Waals surface area (Å²) in [6.45, 7) is 0.705. The van der Waals surface area contributed by atoms with E-state index >= 15 is 0 Å². The molecule has 0 radical (unpaired) electrons. The first-order valence-corrected chi connectivity index (χ1v) is 7.58. The minimum absolute atomic E-state index is 0.658. The number of nitrogens with one attached hydrogen (secondary N) is 1. The van der Waals surface area contributed by atoms with Crippen LogP contribution in [0.4, 0.5) is 5.69 Å². The number of halogens is 3. The van der Waals surface area contributed by atoms with Gasteiger partial charge in [0.1, 0.15) is 0 Å². The van der Waals surface area contributed by atoms with Gasteiger partial charge in [-0.3, -0.25) is 0 Å². The van der Waals surface area contributed by atoms with Crippen LogP contribution in [0.3, 0.4) is 0 Å². The van der Waals surface area contributed by atoms with Crippen molar-refractivity contribution in [2.24, 2.45) is 0 Å². The van der Waals surface area contributed by atoms with Crippen LogP contribution in [-0.4, -0.2) is 7.11 Å². The number of hydrogen-bond donors (Lipinski definition) is 1. The van der Waals surface area contributed by atoms with Gasteiger partial charge in [-0.15, -0.1) is 0 Å². The zero-order valence-corrected chi connectivity index (χ0v) is 14.1. The average molecular weight is 406 g/mol. The second-order valence-corrected chi connectivity index (χ2v) is 6.15. The lowest BCUT2D eigenvalue weighted by molar-refractivity contribution is 0.414. The Morgan fingerprint density at radius 2 is 1.84 bits per heavy atom. The summed E-state index contributed by atoms with van der Waals surface area (Å²) in [5.74, 6) is 0.751. The van der Waals surface area contributed by atoms with Crippen LogP contribution in [0.25, 0.3) is 0 Å². The molecule has 19 heavy (non-hydrogen) atoms. The molecule has 0 saturated heterocycles. The lowest BCUT2D eigenvalue weighted by atomic mass is 10.2. The van der Waals surface area contributed by atoms with Gasteiger partial charge < -0.3 is 10.1 Å². The fraction of sp³-hybridized carbons (Fsp3) is 0.143. The van der Waals surface area contributed by atoms with Crippen LogP contribution < -0.4 is 10.1 Å². The lowest BCUT2D eigenvalue weighted by Gasteiger charge is -2.13. The summed E-state index contributed by atoms with van der Waals surface area (Å²) in [4.78, 5) is 0. The Hall–Kier alpha value is -0.710. The summed E-state index contributed by atoms with van der Waals surface area (Å²) < 4.78 is 7.27. The molecule has 0 aliphatic carbocycles. The van der Waals surface area contributed by atoms with Gasteiger partial charge in [0.2, 0.25) is 0 Å². The van der Waals surface area contributed by atoms with Crippen LogP contribution in [-0.2, 0) is 6.54 Å². The zero-order chi connectivity index (χ0) is 13.8. The van der Waals surface area contributed by atoms with E-state index in [1.165, 1.54) is 5.56 Å². The Morgan fingerprint density at radius 1 is 1.16 bits per heavy atom. The van der Waals surface area contributed by atoms with Crippen molar-refractivity contribution in [3.8, 4) is 5.75 Å². The third-order valence-corrected chi connectivity index (χ3v) is 3.94. The van der Waals surface area contributed by atoms with Crippen molar-refractivity contribution in [2.45, 2.75) is 6.54 Å².